The molecule has 2 rings (SSSR count). The van der Waals surface area contributed by atoms with E-state index in [4.69, 9.17) is 0 Å². The van der Waals surface area contributed by atoms with Gasteiger partial charge in [-0.25, -0.2) is 9.97 Å². The number of halogens is 1. The molecular formula is C12H18BrN3. The van der Waals surface area contributed by atoms with E-state index in [2.05, 4.69) is 38.1 Å². The van der Waals surface area contributed by atoms with Gasteiger partial charge < -0.3 is 5.32 Å². The molecule has 0 bridgehead atoms. The third-order valence-corrected chi connectivity index (χ3v) is 4.06. The summed E-state index contributed by atoms with van der Waals surface area (Å²) in [5.74, 6) is 3.33. The molecule has 1 N–H and O–H groups in total. The highest BCUT2D eigenvalue weighted by molar-refractivity contribution is 9.10. The van der Waals surface area contributed by atoms with Gasteiger partial charge in [-0.2, -0.15) is 0 Å². The Kier molecular flexibility index (Phi) is 3.79. The van der Waals surface area contributed by atoms with Crippen molar-refractivity contribution in [1.29, 1.82) is 0 Å². The Morgan fingerprint density at radius 3 is 2.94 bits per heavy atom. The third-order valence-electron chi connectivity index (χ3n) is 3.48. The molecule has 88 valence electrons. The lowest BCUT2D eigenvalue weighted by Gasteiger charge is -2.11. The number of nitrogens with one attached hydrogen (secondary N) is 1. The monoisotopic (exact) mass is 283 g/mol. The summed E-state index contributed by atoms with van der Waals surface area (Å²) in [4.78, 5) is 9.01. The second-order valence-corrected chi connectivity index (χ2v) is 5.31. The minimum atomic E-state index is 0.560. The summed E-state index contributed by atoms with van der Waals surface area (Å²) in [5, 5.41) is 3.09. The molecule has 0 radical (unpaired) electrons. The van der Waals surface area contributed by atoms with Crippen LogP contribution in [0.15, 0.2) is 10.7 Å². The zero-order valence-electron chi connectivity index (χ0n) is 9.83. The smallest absolute Gasteiger partial charge is 0.143 e. The fourth-order valence-electron chi connectivity index (χ4n) is 2.43. The van der Waals surface area contributed by atoms with E-state index in [-0.39, 0.29) is 0 Å². The summed E-state index contributed by atoms with van der Waals surface area (Å²) in [6, 6.07) is 0. The average molecular weight is 284 g/mol. The molecule has 1 aliphatic rings. The number of aromatic nitrogens is 2. The molecule has 1 aromatic rings. The van der Waals surface area contributed by atoms with Gasteiger partial charge in [0.25, 0.3) is 0 Å². The highest BCUT2D eigenvalue weighted by Gasteiger charge is 2.26. The van der Waals surface area contributed by atoms with Crippen LogP contribution in [0.1, 0.15) is 44.3 Å². The molecule has 0 aromatic carbocycles. The van der Waals surface area contributed by atoms with E-state index in [9.17, 15) is 0 Å². The van der Waals surface area contributed by atoms with Crippen molar-refractivity contribution in [3.8, 4) is 0 Å². The molecule has 4 heteroatoms. The van der Waals surface area contributed by atoms with Gasteiger partial charge >= 0.3 is 0 Å². The van der Waals surface area contributed by atoms with Crippen LogP contribution >= 0.6 is 15.9 Å². The Bertz CT molecular complexity index is 367. The molecule has 2 unspecified atom stereocenters. The highest BCUT2D eigenvalue weighted by Crippen LogP contribution is 2.38. The van der Waals surface area contributed by atoms with Gasteiger partial charge in [-0.1, -0.05) is 13.3 Å². The Morgan fingerprint density at radius 2 is 2.31 bits per heavy atom. The van der Waals surface area contributed by atoms with Crippen molar-refractivity contribution >= 4 is 21.7 Å². The molecule has 3 nitrogen and oxygen atoms in total. The summed E-state index contributed by atoms with van der Waals surface area (Å²) < 4.78 is 0.934. The molecule has 1 saturated carbocycles. The van der Waals surface area contributed by atoms with E-state index in [1.807, 2.05) is 13.2 Å². The summed E-state index contributed by atoms with van der Waals surface area (Å²) in [6.45, 7) is 2.27. The van der Waals surface area contributed by atoms with Crippen LogP contribution in [0.4, 0.5) is 5.82 Å². The maximum absolute atomic E-state index is 4.57. The van der Waals surface area contributed by atoms with E-state index < -0.39 is 0 Å². The van der Waals surface area contributed by atoms with Crippen LogP contribution in [0.2, 0.25) is 0 Å². The molecule has 0 aliphatic heterocycles. The summed E-state index contributed by atoms with van der Waals surface area (Å²) >= 11 is 3.44. The minimum absolute atomic E-state index is 0.560. The van der Waals surface area contributed by atoms with Crippen molar-refractivity contribution in [3.63, 3.8) is 0 Å². The Labute approximate surface area is 105 Å². The first-order valence-corrected chi connectivity index (χ1v) is 6.74. The van der Waals surface area contributed by atoms with Gasteiger partial charge in [-0.15, -0.1) is 0 Å². The molecule has 2 atom stereocenters. The molecule has 1 fully saturated rings. The van der Waals surface area contributed by atoms with E-state index in [1.165, 1.54) is 25.7 Å². The van der Waals surface area contributed by atoms with Gasteiger partial charge in [0.05, 0.1) is 4.47 Å². The lowest BCUT2D eigenvalue weighted by molar-refractivity contribution is 0.516. The van der Waals surface area contributed by atoms with Crippen molar-refractivity contribution in [2.45, 2.75) is 38.5 Å². The zero-order chi connectivity index (χ0) is 11.5. The first-order valence-electron chi connectivity index (χ1n) is 5.94. The quantitative estimate of drug-likeness (QED) is 0.922. The fourth-order valence-corrected chi connectivity index (χ4v) is 2.82. The molecular weight excluding hydrogens is 266 g/mol. The maximum Gasteiger partial charge on any atom is 0.143 e. The van der Waals surface area contributed by atoms with Crippen LogP contribution in [0, 0.1) is 5.92 Å². The SMILES string of the molecule is CCC1CCC(c2ncc(Br)c(NC)n2)C1. The summed E-state index contributed by atoms with van der Waals surface area (Å²) in [5.41, 5.74) is 0. The third kappa shape index (κ3) is 2.37. The van der Waals surface area contributed by atoms with Crippen LogP contribution in [-0.4, -0.2) is 17.0 Å². The van der Waals surface area contributed by atoms with Gasteiger partial charge in [0.15, 0.2) is 0 Å². The van der Waals surface area contributed by atoms with Crippen molar-refractivity contribution in [1.82, 2.24) is 9.97 Å². The molecule has 1 aliphatic carbocycles. The maximum atomic E-state index is 4.57. The van der Waals surface area contributed by atoms with Gasteiger partial charge in [0.1, 0.15) is 11.6 Å². The van der Waals surface area contributed by atoms with Crippen LogP contribution < -0.4 is 5.32 Å². The van der Waals surface area contributed by atoms with Crippen molar-refractivity contribution in [2.24, 2.45) is 5.92 Å². The molecule has 1 heterocycles. The van der Waals surface area contributed by atoms with Crippen molar-refractivity contribution in [3.05, 3.63) is 16.5 Å². The van der Waals surface area contributed by atoms with E-state index in [0.717, 1.165) is 22.0 Å². The van der Waals surface area contributed by atoms with Gasteiger partial charge in [-0.05, 0) is 41.1 Å². The number of nitrogens with zero attached hydrogens (tertiary/aromatic N) is 2. The van der Waals surface area contributed by atoms with E-state index in [1.54, 1.807) is 0 Å². The number of anilines is 1. The molecule has 16 heavy (non-hydrogen) atoms. The minimum Gasteiger partial charge on any atom is -0.372 e. The Balaban J connectivity index is 2.15. The lowest BCUT2D eigenvalue weighted by Crippen LogP contribution is -2.04. The standard InChI is InChI=1S/C12H18BrN3/c1-3-8-4-5-9(6-8)11-15-7-10(13)12(14-2)16-11/h7-9H,3-6H2,1-2H3,(H,14,15,16). The second kappa shape index (κ2) is 5.13. The predicted octanol–water partition coefficient (Wildman–Crippen LogP) is 3.57. The zero-order valence-corrected chi connectivity index (χ0v) is 11.4. The molecule has 0 amide bonds. The number of rotatable bonds is 3. The van der Waals surface area contributed by atoms with Crippen LogP contribution in [0.25, 0.3) is 0 Å². The highest BCUT2D eigenvalue weighted by atomic mass is 79.9. The average Bonchev–Trinajstić information content (AvgIpc) is 2.78. The summed E-state index contributed by atoms with van der Waals surface area (Å²) in [7, 11) is 1.89. The van der Waals surface area contributed by atoms with Crippen molar-refractivity contribution < 1.29 is 0 Å². The Morgan fingerprint density at radius 1 is 1.50 bits per heavy atom. The van der Waals surface area contributed by atoms with Crippen LogP contribution in [0.5, 0.6) is 0 Å². The number of hydrogen-bond acceptors (Lipinski definition) is 3. The van der Waals surface area contributed by atoms with Gasteiger partial charge in [-0.3, -0.25) is 0 Å². The number of hydrogen-bond donors (Lipinski definition) is 1. The lowest BCUT2D eigenvalue weighted by atomic mass is 10.0. The Hall–Kier alpha value is -0.640. The second-order valence-electron chi connectivity index (χ2n) is 4.46. The molecule has 1 aromatic heterocycles. The fraction of sp³-hybridized carbons (Fsp3) is 0.667. The van der Waals surface area contributed by atoms with E-state index >= 15 is 0 Å². The van der Waals surface area contributed by atoms with Gasteiger partial charge in [0, 0.05) is 19.2 Å². The normalized spacial score (nSPS) is 24.7. The predicted molar refractivity (Wildman–Crippen MR) is 69.7 cm³/mol. The van der Waals surface area contributed by atoms with E-state index in [0.29, 0.717) is 5.92 Å². The summed E-state index contributed by atoms with van der Waals surface area (Å²) in [6.07, 6.45) is 6.96. The van der Waals surface area contributed by atoms with Crippen molar-refractivity contribution in [2.75, 3.05) is 12.4 Å². The molecule has 0 spiro atoms. The van der Waals surface area contributed by atoms with Gasteiger partial charge in [0.2, 0.25) is 0 Å². The van der Waals surface area contributed by atoms with Crippen LogP contribution in [-0.2, 0) is 0 Å². The molecule has 0 saturated heterocycles. The first kappa shape index (κ1) is 11.8. The van der Waals surface area contributed by atoms with Crippen LogP contribution in [0.3, 0.4) is 0 Å². The largest absolute Gasteiger partial charge is 0.372 e. The topological polar surface area (TPSA) is 37.8 Å². The first-order chi connectivity index (χ1) is 7.74.